The average molecular weight is 655 g/mol. The quantitative estimate of drug-likeness (QED) is 0.240. The number of rotatable bonds is 8. The minimum Gasteiger partial charge on any atom is -0.489 e. The third-order valence-corrected chi connectivity index (χ3v) is 7.13. The predicted octanol–water partition coefficient (Wildman–Crippen LogP) is 7.92. The lowest BCUT2D eigenvalue weighted by Crippen LogP contribution is -2.29. The van der Waals surface area contributed by atoms with Crippen LogP contribution < -0.4 is 19.1 Å². The molecule has 13 heteroatoms. The summed E-state index contributed by atoms with van der Waals surface area (Å²) in [6.45, 7) is 4.69. The number of aliphatic carboxylic acids is 1. The maximum absolute atomic E-state index is 14.3. The molecule has 1 N–H and O–H groups in total. The molecule has 0 spiro atoms. The van der Waals surface area contributed by atoms with Crippen molar-refractivity contribution in [1.82, 2.24) is 0 Å². The Morgan fingerprint density at radius 2 is 1.67 bits per heavy atom. The molecule has 2 fully saturated rings. The fourth-order valence-electron chi connectivity index (χ4n) is 4.47. The number of carboxylic acids is 1. The normalized spacial score (nSPS) is 15.0. The monoisotopic (exact) mass is 654 g/mol. The van der Waals surface area contributed by atoms with E-state index in [0.717, 1.165) is 37.8 Å². The van der Waals surface area contributed by atoms with Crippen LogP contribution in [-0.2, 0) is 14.3 Å². The van der Waals surface area contributed by atoms with Crippen molar-refractivity contribution in [2.24, 2.45) is 0 Å². The highest BCUT2D eigenvalue weighted by atomic mass is 35.5. The highest BCUT2D eigenvalue weighted by Gasteiger charge is 2.40. The molecule has 2 aliphatic rings. The van der Waals surface area contributed by atoms with Crippen LogP contribution in [0.15, 0.2) is 65.9 Å². The number of halogens is 3. The molecule has 0 bridgehead atoms. The number of allylic oxidation sites excluding steroid dienone is 1. The second-order valence-electron chi connectivity index (χ2n) is 10.5. The lowest BCUT2D eigenvalue weighted by molar-refractivity contribution is -0.144. The van der Waals surface area contributed by atoms with Gasteiger partial charge in [-0.05, 0) is 101 Å². The van der Waals surface area contributed by atoms with Gasteiger partial charge in [0.25, 0.3) is 0 Å². The van der Waals surface area contributed by atoms with Crippen molar-refractivity contribution in [2.45, 2.75) is 58.7 Å². The topological polar surface area (TPSA) is 135 Å². The Bertz CT molecular complexity index is 1710. The van der Waals surface area contributed by atoms with E-state index >= 15 is 0 Å². The van der Waals surface area contributed by atoms with E-state index < -0.39 is 35.7 Å². The Hall–Kier alpha value is -5.15. The van der Waals surface area contributed by atoms with Crippen molar-refractivity contribution in [3.63, 3.8) is 0 Å². The van der Waals surface area contributed by atoms with Gasteiger partial charge >= 0.3 is 18.0 Å². The number of carbonyl (C=O) groups excluding carboxylic acids is 2. The van der Waals surface area contributed by atoms with Gasteiger partial charge in [-0.25, -0.2) is 23.3 Å². The second kappa shape index (κ2) is 14.8. The van der Waals surface area contributed by atoms with Crippen LogP contribution in [-0.4, -0.2) is 35.3 Å². The zero-order valence-corrected chi connectivity index (χ0v) is 25.8. The van der Waals surface area contributed by atoms with Crippen LogP contribution in [0.4, 0.5) is 19.3 Å². The molecule has 1 saturated carbocycles. The minimum absolute atomic E-state index is 0.00780. The summed E-state index contributed by atoms with van der Waals surface area (Å²) in [6, 6.07) is 14.2. The maximum atomic E-state index is 14.3. The number of hydrogen-bond donors (Lipinski definition) is 1. The Kier molecular flexibility index (Phi) is 10.8. The van der Waals surface area contributed by atoms with Crippen molar-refractivity contribution >= 4 is 35.3 Å². The number of hydrogen-bond acceptors (Lipinski definition) is 8. The van der Waals surface area contributed by atoms with Crippen LogP contribution in [0.1, 0.15) is 52.0 Å². The number of benzene rings is 3. The highest BCUT2D eigenvalue weighted by molar-refractivity contribution is 6.32. The van der Waals surface area contributed by atoms with E-state index in [1.54, 1.807) is 13.8 Å². The van der Waals surface area contributed by atoms with Gasteiger partial charge in [0.2, 0.25) is 0 Å². The van der Waals surface area contributed by atoms with Crippen LogP contribution >= 0.6 is 11.6 Å². The number of nitriles is 1. The molecule has 0 radical (unpaired) electrons. The third-order valence-electron chi connectivity index (χ3n) is 6.83. The van der Waals surface area contributed by atoms with Crippen molar-refractivity contribution < 1.29 is 47.2 Å². The smallest absolute Gasteiger partial charge is 0.427 e. The number of imide groups is 1. The predicted molar refractivity (Wildman–Crippen MR) is 162 cm³/mol. The van der Waals surface area contributed by atoms with E-state index in [-0.39, 0.29) is 39.6 Å². The average Bonchev–Trinajstić information content (AvgIpc) is 3.64. The van der Waals surface area contributed by atoms with Crippen molar-refractivity contribution in [2.75, 3.05) is 4.90 Å². The first-order chi connectivity index (χ1) is 21.9. The molecule has 2 amide bonds. The van der Waals surface area contributed by atoms with Crippen LogP contribution in [0.5, 0.6) is 23.0 Å². The fraction of sp³-hybridized carbons (Fsp3) is 0.273. The largest absolute Gasteiger partial charge is 0.489 e. The van der Waals surface area contributed by atoms with Crippen molar-refractivity contribution in [3.8, 4) is 29.1 Å². The first kappa shape index (κ1) is 33.7. The number of ether oxygens (including phenoxy) is 4. The zero-order chi connectivity index (χ0) is 33.5. The molecule has 240 valence electrons. The van der Waals surface area contributed by atoms with Crippen LogP contribution in [0.25, 0.3) is 0 Å². The van der Waals surface area contributed by atoms with Gasteiger partial charge in [0.15, 0.2) is 23.4 Å². The molecule has 3 aromatic carbocycles. The van der Waals surface area contributed by atoms with Gasteiger partial charge in [-0.2, -0.15) is 5.26 Å². The lowest BCUT2D eigenvalue weighted by Gasteiger charge is -2.18. The third kappa shape index (κ3) is 8.11. The van der Waals surface area contributed by atoms with E-state index in [1.807, 2.05) is 6.07 Å². The van der Waals surface area contributed by atoms with Gasteiger partial charge in [-0.3, -0.25) is 4.79 Å². The van der Waals surface area contributed by atoms with Gasteiger partial charge in [0.1, 0.15) is 23.1 Å². The standard InChI is InChI=1S/C17H17ClFNO4.C16H12FNO4/c1-9(2)15-16(21)20(17(22)24-15)13-8-14(11(18)7-12(13)19)23-10-5-3-4-6-10;1-10(16(19)20)21-12-3-5-13(6-4-12)22-15-7-2-11(9-18)8-14(15)17/h7-8,10H,3-6H2,1-2H3;2-8,10H,1H3,(H,19,20)/t;10-/m.1/s1. The number of cyclic esters (lactones) is 1. The van der Waals surface area contributed by atoms with Crippen molar-refractivity contribution in [3.05, 3.63) is 88.2 Å². The summed E-state index contributed by atoms with van der Waals surface area (Å²) >= 11 is 6.04. The van der Waals surface area contributed by atoms with Gasteiger partial charge in [0, 0.05) is 6.07 Å². The molecule has 3 aromatic rings. The molecule has 1 aliphatic heterocycles. The molecule has 0 aromatic heterocycles. The molecule has 1 aliphatic carbocycles. The molecule has 1 atom stereocenters. The maximum Gasteiger partial charge on any atom is 0.427 e. The Labute approximate surface area is 268 Å². The minimum atomic E-state index is -1.07. The number of amides is 2. The summed E-state index contributed by atoms with van der Waals surface area (Å²) in [5, 5.41) is 17.5. The van der Waals surface area contributed by atoms with E-state index in [4.69, 9.17) is 40.9 Å². The Morgan fingerprint density at radius 1 is 1.02 bits per heavy atom. The highest BCUT2D eigenvalue weighted by Crippen LogP contribution is 2.37. The van der Waals surface area contributed by atoms with Gasteiger partial charge in [-0.1, -0.05) is 11.6 Å². The molecule has 46 heavy (non-hydrogen) atoms. The van der Waals surface area contributed by atoms with Crippen LogP contribution in [0.2, 0.25) is 5.02 Å². The second-order valence-corrected chi connectivity index (χ2v) is 10.9. The molecule has 1 heterocycles. The molecule has 5 rings (SSSR count). The van der Waals surface area contributed by atoms with Gasteiger partial charge in [-0.15, -0.1) is 0 Å². The lowest BCUT2D eigenvalue weighted by atomic mass is 10.2. The summed E-state index contributed by atoms with van der Waals surface area (Å²) in [7, 11) is 0. The molecule has 10 nitrogen and oxygen atoms in total. The Morgan fingerprint density at radius 3 is 2.24 bits per heavy atom. The van der Waals surface area contributed by atoms with E-state index in [1.165, 1.54) is 49.4 Å². The molecular formula is C33H29ClF2N2O8. The molecular weight excluding hydrogens is 626 g/mol. The van der Waals surface area contributed by atoms with Crippen molar-refractivity contribution in [1.29, 1.82) is 5.26 Å². The number of carbonyl (C=O) groups is 3. The number of nitrogens with zero attached hydrogens (tertiary/aromatic N) is 2. The van der Waals surface area contributed by atoms with E-state index in [9.17, 15) is 23.2 Å². The zero-order valence-electron chi connectivity index (χ0n) is 25.0. The summed E-state index contributed by atoms with van der Waals surface area (Å²) in [4.78, 5) is 35.7. The van der Waals surface area contributed by atoms with Gasteiger partial charge in [0.05, 0.1) is 28.4 Å². The SMILES string of the molecule is CC(C)=C1OC(=O)N(c2cc(OC3CCCC3)c(Cl)cc2F)C1=O.C[C@@H](Oc1ccc(Oc2ccc(C#N)cc2F)cc1)C(=O)O. The van der Waals surface area contributed by atoms with Crippen LogP contribution in [0, 0.1) is 23.0 Å². The molecule has 0 unspecified atom stereocenters. The summed E-state index contributed by atoms with van der Waals surface area (Å²) in [5.41, 5.74) is 0.516. The fourth-order valence-corrected chi connectivity index (χ4v) is 4.67. The Balaban J connectivity index is 0.000000210. The summed E-state index contributed by atoms with van der Waals surface area (Å²) in [5.74, 6) is -2.32. The molecule has 1 saturated heterocycles. The first-order valence-electron chi connectivity index (χ1n) is 14.1. The number of anilines is 1. The first-order valence-corrected chi connectivity index (χ1v) is 14.5. The van der Waals surface area contributed by atoms with Gasteiger partial charge < -0.3 is 24.1 Å². The van der Waals surface area contributed by atoms with Crippen LogP contribution in [0.3, 0.4) is 0 Å². The summed E-state index contributed by atoms with van der Waals surface area (Å²) < 4.78 is 49.3. The van der Waals surface area contributed by atoms with E-state index in [2.05, 4.69) is 0 Å². The summed E-state index contributed by atoms with van der Waals surface area (Å²) in [6.07, 6.45) is 2.03. The van der Waals surface area contributed by atoms with E-state index in [0.29, 0.717) is 22.0 Å². The number of carboxylic acid groups (broad SMARTS) is 1.